The van der Waals surface area contributed by atoms with Crippen molar-refractivity contribution in [1.82, 2.24) is 0 Å². The van der Waals surface area contributed by atoms with Gasteiger partial charge in [-0.1, -0.05) is 0 Å². The maximum atomic E-state index is 14.0. The number of thiophene rings is 1. The van der Waals surface area contributed by atoms with Crippen LogP contribution in [0.15, 0.2) is 18.2 Å². The predicted octanol–water partition coefficient (Wildman–Crippen LogP) is 3.63. The van der Waals surface area contributed by atoms with Crippen LogP contribution >= 0.6 is 11.3 Å². The van der Waals surface area contributed by atoms with Crippen LogP contribution in [-0.2, 0) is 10.7 Å². The lowest BCUT2D eigenvalue weighted by molar-refractivity contribution is -0.139. The van der Waals surface area contributed by atoms with Crippen LogP contribution in [0.4, 0.5) is 8.78 Å². The highest BCUT2D eigenvalue weighted by molar-refractivity contribution is 7.19. The Balaban J connectivity index is 1.95. The molecule has 1 aliphatic rings. The monoisotopic (exact) mass is 314 g/mol. The Morgan fingerprint density at radius 2 is 1.90 bits per heavy atom. The molecule has 112 valence electrons. The first-order valence-electron chi connectivity index (χ1n) is 6.39. The number of alkyl halides is 2. The number of halogens is 2. The molecule has 0 spiro atoms. The van der Waals surface area contributed by atoms with E-state index in [-0.39, 0.29) is 4.88 Å². The molecular formula is C14H12F2O4S. The third-order valence-corrected chi connectivity index (χ3v) is 4.40. The molecule has 7 heteroatoms. The number of aliphatic carboxylic acids is 1. The lowest BCUT2D eigenvalue weighted by atomic mass is 10.1. The van der Waals surface area contributed by atoms with E-state index in [9.17, 15) is 13.6 Å². The molecule has 2 aromatic rings. The standard InChI is InChI=1S/C14H12F2O4S/c15-14(16,2-1-13(17)18)12-6-8-5-9-10(7-11(8)21-12)20-4-3-19-9/h5-7H,1-4H2,(H,17,18). The molecule has 1 aromatic heterocycles. The summed E-state index contributed by atoms with van der Waals surface area (Å²) in [4.78, 5) is 10.3. The molecule has 1 aliphatic heterocycles. The normalized spacial score (nSPS) is 14.4. The van der Waals surface area contributed by atoms with Gasteiger partial charge in [0.2, 0.25) is 0 Å². The van der Waals surface area contributed by atoms with Crippen molar-refractivity contribution in [2.75, 3.05) is 13.2 Å². The van der Waals surface area contributed by atoms with Gasteiger partial charge in [0.1, 0.15) is 13.2 Å². The van der Waals surface area contributed by atoms with Crippen molar-refractivity contribution < 1.29 is 28.2 Å². The van der Waals surface area contributed by atoms with Crippen LogP contribution < -0.4 is 9.47 Å². The number of ether oxygens (including phenoxy) is 2. The van der Waals surface area contributed by atoms with Crippen LogP contribution in [0.25, 0.3) is 10.1 Å². The van der Waals surface area contributed by atoms with Crippen LogP contribution in [0.1, 0.15) is 17.7 Å². The molecule has 2 heterocycles. The van der Waals surface area contributed by atoms with Crippen molar-refractivity contribution in [3.05, 3.63) is 23.1 Å². The number of benzene rings is 1. The van der Waals surface area contributed by atoms with Crippen molar-refractivity contribution in [1.29, 1.82) is 0 Å². The molecule has 0 aliphatic carbocycles. The van der Waals surface area contributed by atoms with Gasteiger partial charge in [-0.3, -0.25) is 4.79 Å². The van der Waals surface area contributed by atoms with E-state index < -0.39 is 24.7 Å². The summed E-state index contributed by atoms with van der Waals surface area (Å²) in [5.74, 6) is -3.28. The number of carbonyl (C=O) groups is 1. The Labute approximate surface area is 122 Å². The number of carboxylic acids is 1. The molecule has 3 rings (SSSR count). The molecule has 1 aromatic carbocycles. The summed E-state index contributed by atoms with van der Waals surface area (Å²) in [6, 6.07) is 4.75. The Morgan fingerprint density at radius 3 is 2.57 bits per heavy atom. The first-order valence-corrected chi connectivity index (χ1v) is 7.21. The molecule has 0 saturated heterocycles. The van der Waals surface area contributed by atoms with Crippen molar-refractivity contribution >= 4 is 27.4 Å². The summed E-state index contributed by atoms with van der Waals surface area (Å²) in [6.07, 6.45) is -1.27. The average molecular weight is 314 g/mol. The Morgan fingerprint density at radius 1 is 1.24 bits per heavy atom. The summed E-state index contributed by atoms with van der Waals surface area (Å²) in [7, 11) is 0. The van der Waals surface area contributed by atoms with Crippen LogP contribution in [0, 0.1) is 0 Å². The third kappa shape index (κ3) is 2.78. The molecule has 4 nitrogen and oxygen atoms in total. The fraction of sp³-hybridized carbons (Fsp3) is 0.357. The Bertz CT molecular complexity index is 653. The van der Waals surface area contributed by atoms with E-state index in [4.69, 9.17) is 14.6 Å². The molecule has 0 unspecified atom stereocenters. The summed E-state index contributed by atoms with van der Waals surface area (Å²) in [5.41, 5.74) is 0. The lowest BCUT2D eigenvalue weighted by Gasteiger charge is -2.17. The Kier molecular flexibility index (Phi) is 3.44. The topological polar surface area (TPSA) is 55.8 Å². The van der Waals surface area contributed by atoms with E-state index in [0.717, 1.165) is 11.3 Å². The maximum Gasteiger partial charge on any atom is 0.303 e. The largest absolute Gasteiger partial charge is 0.486 e. The predicted molar refractivity (Wildman–Crippen MR) is 73.6 cm³/mol. The van der Waals surface area contributed by atoms with Crippen molar-refractivity contribution in [2.24, 2.45) is 0 Å². The minimum Gasteiger partial charge on any atom is -0.486 e. The molecule has 1 N–H and O–H groups in total. The maximum absolute atomic E-state index is 14.0. The molecule has 21 heavy (non-hydrogen) atoms. The number of hydrogen-bond donors (Lipinski definition) is 1. The molecule has 0 radical (unpaired) electrons. The number of hydrogen-bond acceptors (Lipinski definition) is 4. The van der Waals surface area contributed by atoms with Crippen LogP contribution in [0.2, 0.25) is 0 Å². The summed E-state index contributed by atoms with van der Waals surface area (Å²) in [6.45, 7) is 0.871. The molecule has 0 fully saturated rings. The van der Waals surface area contributed by atoms with Gasteiger partial charge in [0, 0.05) is 17.2 Å². The molecule has 0 saturated carbocycles. The SMILES string of the molecule is O=C(O)CCC(F)(F)c1cc2cc3c(cc2s1)OCCO3. The minimum atomic E-state index is -3.15. The fourth-order valence-corrected chi connectivity index (χ4v) is 3.22. The third-order valence-electron chi connectivity index (χ3n) is 3.19. The quantitative estimate of drug-likeness (QED) is 0.936. The molecule has 0 bridgehead atoms. The second-order valence-electron chi connectivity index (χ2n) is 4.74. The smallest absolute Gasteiger partial charge is 0.303 e. The second kappa shape index (κ2) is 5.14. The van der Waals surface area contributed by atoms with Gasteiger partial charge in [-0.2, -0.15) is 0 Å². The minimum absolute atomic E-state index is 0.138. The average Bonchev–Trinajstić information content (AvgIpc) is 2.86. The van der Waals surface area contributed by atoms with E-state index >= 15 is 0 Å². The van der Waals surface area contributed by atoms with Crippen molar-refractivity contribution in [3.8, 4) is 11.5 Å². The van der Waals surface area contributed by atoms with Gasteiger partial charge < -0.3 is 14.6 Å². The van der Waals surface area contributed by atoms with Crippen LogP contribution in [0.5, 0.6) is 11.5 Å². The number of rotatable bonds is 4. The van der Waals surface area contributed by atoms with E-state index in [0.29, 0.717) is 34.8 Å². The number of fused-ring (bicyclic) bond motifs is 2. The highest BCUT2D eigenvalue weighted by Crippen LogP contribution is 2.43. The van der Waals surface area contributed by atoms with E-state index in [1.165, 1.54) is 6.07 Å². The van der Waals surface area contributed by atoms with E-state index in [2.05, 4.69) is 0 Å². The van der Waals surface area contributed by atoms with Gasteiger partial charge in [-0.15, -0.1) is 11.3 Å². The lowest BCUT2D eigenvalue weighted by Crippen LogP contribution is -2.14. The van der Waals surface area contributed by atoms with Gasteiger partial charge in [0.15, 0.2) is 11.5 Å². The zero-order chi connectivity index (χ0) is 15.0. The fourth-order valence-electron chi connectivity index (χ4n) is 2.14. The van der Waals surface area contributed by atoms with E-state index in [1.807, 2.05) is 0 Å². The van der Waals surface area contributed by atoms with Crippen LogP contribution in [0.3, 0.4) is 0 Å². The van der Waals surface area contributed by atoms with Gasteiger partial charge in [-0.05, 0) is 17.5 Å². The first kappa shape index (κ1) is 14.1. The first-order chi connectivity index (χ1) is 9.95. The molecule has 0 amide bonds. The summed E-state index contributed by atoms with van der Waals surface area (Å²) in [5, 5.41) is 9.19. The van der Waals surface area contributed by atoms with Crippen LogP contribution in [-0.4, -0.2) is 24.3 Å². The summed E-state index contributed by atoms with van der Waals surface area (Å²) >= 11 is 0.950. The molecular weight excluding hydrogens is 302 g/mol. The van der Waals surface area contributed by atoms with Gasteiger partial charge >= 0.3 is 5.97 Å². The van der Waals surface area contributed by atoms with Crippen molar-refractivity contribution in [3.63, 3.8) is 0 Å². The highest BCUT2D eigenvalue weighted by atomic mass is 32.1. The highest BCUT2D eigenvalue weighted by Gasteiger charge is 2.34. The Hall–Kier alpha value is -1.89. The second-order valence-corrected chi connectivity index (χ2v) is 5.83. The van der Waals surface area contributed by atoms with Gasteiger partial charge in [0.05, 0.1) is 11.3 Å². The zero-order valence-corrected chi connectivity index (χ0v) is 11.7. The van der Waals surface area contributed by atoms with Crippen molar-refractivity contribution in [2.45, 2.75) is 18.8 Å². The van der Waals surface area contributed by atoms with E-state index in [1.54, 1.807) is 12.1 Å². The molecule has 0 atom stereocenters. The van der Waals surface area contributed by atoms with Gasteiger partial charge in [-0.25, -0.2) is 8.78 Å². The zero-order valence-electron chi connectivity index (χ0n) is 10.9. The van der Waals surface area contributed by atoms with Gasteiger partial charge in [0.25, 0.3) is 5.92 Å². The number of carboxylic acid groups (broad SMARTS) is 1. The summed E-state index contributed by atoms with van der Waals surface area (Å²) < 4.78 is 39.5.